The number of aryl methyl sites for hydroxylation is 1. The Hall–Kier alpha value is -1.23. The van der Waals surface area contributed by atoms with E-state index in [4.69, 9.17) is 0 Å². The molecule has 1 aromatic heterocycles. The standard InChI is InChI=1S/C10H16N4O/c1-3-10(4-5-11-7-10)9(15)8-6-12-13-14(8)2/h6,11H,3-5,7H2,1-2H3. The van der Waals surface area contributed by atoms with E-state index in [1.54, 1.807) is 17.9 Å². The normalized spacial score (nSPS) is 25.7. The molecule has 1 N–H and O–H groups in total. The number of nitrogens with one attached hydrogen (secondary N) is 1. The van der Waals surface area contributed by atoms with E-state index in [0.29, 0.717) is 5.69 Å². The van der Waals surface area contributed by atoms with Crippen molar-refractivity contribution < 1.29 is 4.79 Å². The van der Waals surface area contributed by atoms with Crippen LogP contribution in [0.4, 0.5) is 0 Å². The van der Waals surface area contributed by atoms with Crippen molar-refractivity contribution in [3.63, 3.8) is 0 Å². The first kappa shape index (κ1) is 10.3. The van der Waals surface area contributed by atoms with Crippen LogP contribution in [0.5, 0.6) is 0 Å². The van der Waals surface area contributed by atoms with Crippen LogP contribution >= 0.6 is 0 Å². The molecule has 2 heterocycles. The zero-order valence-corrected chi connectivity index (χ0v) is 9.16. The minimum absolute atomic E-state index is 0.169. The third kappa shape index (κ3) is 1.56. The quantitative estimate of drug-likeness (QED) is 0.730. The predicted octanol–water partition coefficient (Wildman–Crippen LogP) is 0.388. The number of carbonyl (C=O) groups excluding carboxylic acids is 1. The van der Waals surface area contributed by atoms with Crippen LogP contribution in [0.15, 0.2) is 6.20 Å². The summed E-state index contributed by atoms with van der Waals surface area (Å²) in [5.41, 5.74) is 0.371. The number of nitrogens with zero attached hydrogens (tertiary/aromatic N) is 3. The van der Waals surface area contributed by atoms with Gasteiger partial charge in [-0.05, 0) is 19.4 Å². The van der Waals surface area contributed by atoms with Gasteiger partial charge in [-0.1, -0.05) is 12.1 Å². The molecule has 0 saturated carbocycles. The summed E-state index contributed by atoms with van der Waals surface area (Å²) in [5.74, 6) is 0.169. The lowest BCUT2D eigenvalue weighted by atomic mass is 9.79. The number of hydrogen-bond acceptors (Lipinski definition) is 4. The number of Topliss-reactive ketones (excluding diaryl/α,β-unsaturated/α-hetero) is 1. The van der Waals surface area contributed by atoms with E-state index in [1.807, 2.05) is 0 Å². The van der Waals surface area contributed by atoms with Gasteiger partial charge in [0.1, 0.15) is 5.69 Å². The second-order valence-corrected chi connectivity index (χ2v) is 4.13. The molecule has 1 unspecified atom stereocenters. The van der Waals surface area contributed by atoms with Gasteiger partial charge >= 0.3 is 0 Å². The minimum atomic E-state index is -0.241. The molecule has 0 amide bonds. The van der Waals surface area contributed by atoms with E-state index in [0.717, 1.165) is 25.9 Å². The molecule has 1 atom stereocenters. The molecule has 1 aliphatic heterocycles. The van der Waals surface area contributed by atoms with Gasteiger partial charge in [0.05, 0.1) is 6.20 Å². The van der Waals surface area contributed by atoms with Crippen LogP contribution in [0, 0.1) is 5.41 Å². The Labute approximate surface area is 88.9 Å². The number of ketones is 1. The Morgan fingerprint density at radius 1 is 1.73 bits per heavy atom. The molecule has 2 rings (SSSR count). The maximum Gasteiger partial charge on any atom is 0.189 e. The van der Waals surface area contributed by atoms with Crippen molar-refractivity contribution in [1.82, 2.24) is 20.3 Å². The topological polar surface area (TPSA) is 59.8 Å². The largest absolute Gasteiger partial charge is 0.316 e. The summed E-state index contributed by atoms with van der Waals surface area (Å²) in [5, 5.41) is 10.8. The summed E-state index contributed by atoms with van der Waals surface area (Å²) in [4.78, 5) is 12.3. The highest BCUT2D eigenvalue weighted by Gasteiger charge is 2.41. The highest BCUT2D eigenvalue weighted by Crippen LogP contribution is 2.32. The minimum Gasteiger partial charge on any atom is -0.316 e. The fourth-order valence-corrected chi connectivity index (χ4v) is 2.17. The monoisotopic (exact) mass is 208 g/mol. The number of hydrogen-bond donors (Lipinski definition) is 1. The molecule has 82 valence electrons. The summed E-state index contributed by atoms with van der Waals surface area (Å²) >= 11 is 0. The van der Waals surface area contributed by atoms with Gasteiger partial charge in [-0.3, -0.25) is 4.79 Å². The van der Waals surface area contributed by atoms with Gasteiger partial charge in [-0.25, -0.2) is 4.68 Å². The van der Waals surface area contributed by atoms with E-state index < -0.39 is 0 Å². The Bertz CT molecular complexity index is 365. The third-order valence-corrected chi connectivity index (χ3v) is 3.35. The third-order valence-electron chi connectivity index (χ3n) is 3.35. The molecule has 0 aromatic carbocycles. The zero-order valence-electron chi connectivity index (χ0n) is 9.16. The van der Waals surface area contributed by atoms with E-state index in [9.17, 15) is 4.79 Å². The molecule has 1 aliphatic rings. The number of carbonyl (C=O) groups is 1. The summed E-state index contributed by atoms with van der Waals surface area (Å²) in [7, 11) is 1.76. The van der Waals surface area contributed by atoms with Crippen molar-refractivity contribution in [2.45, 2.75) is 19.8 Å². The molecule has 0 aliphatic carbocycles. The average molecular weight is 208 g/mol. The van der Waals surface area contributed by atoms with Gasteiger partial charge < -0.3 is 5.32 Å². The molecule has 5 nitrogen and oxygen atoms in total. The van der Waals surface area contributed by atoms with E-state index >= 15 is 0 Å². The fourth-order valence-electron chi connectivity index (χ4n) is 2.17. The fraction of sp³-hybridized carbons (Fsp3) is 0.700. The number of aromatic nitrogens is 3. The second kappa shape index (κ2) is 3.73. The average Bonchev–Trinajstić information content (AvgIpc) is 2.86. The molecule has 0 spiro atoms. The van der Waals surface area contributed by atoms with E-state index in [2.05, 4.69) is 22.6 Å². The van der Waals surface area contributed by atoms with Crippen LogP contribution in [0.2, 0.25) is 0 Å². The Kier molecular flexibility index (Phi) is 2.56. The van der Waals surface area contributed by atoms with Crippen LogP contribution in [-0.4, -0.2) is 33.9 Å². The lowest BCUT2D eigenvalue weighted by molar-refractivity contribution is 0.0800. The maximum absolute atomic E-state index is 12.3. The highest BCUT2D eigenvalue weighted by molar-refractivity contribution is 5.99. The van der Waals surface area contributed by atoms with Crippen molar-refractivity contribution in [1.29, 1.82) is 0 Å². The van der Waals surface area contributed by atoms with Crippen molar-refractivity contribution >= 4 is 5.78 Å². The van der Waals surface area contributed by atoms with Crippen molar-refractivity contribution in [3.05, 3.63) is 11.9 Å². The summed E-state index contributed by atoms with van der Waals surface area (Å²) < 4.78 is 1.55. The zero-order chi connectivity index (χ0) is 10.9. The Morgan fingerprint density at radius 3 is 3.00 bits per heavy atom. The molecule has 1 fully saturated rings. The van der Waals surface area contributed by atoms with Crippen LogP contribution < -0.4 is 5.32 Å². The van der Waals surface area contributed by atoms with Gasteiger partial charge in [0, 0.05) is 19.0 Å². The molecule has 1 saturated heterocycles. The van der Waals surface area contributed by atoms with Crippen LogP contribution in [0.25, 0.3) is 0 Å². The lowest BCUT2D eigenvalue weighted by Crippen LogP contribution is -2.34. The molecule has 0 bridgehead atoms. The van der Waals surface area contributed by atoms with Gasteiger partial charge in [-0.15, -0.1) is 5.10 Å². The van der Waals surface area contributed by atoms with Gasteiger partial charge in [0.25, 0.3) is 0 Å². The first-order chi connectivity index (χ1) is 7.19. The first-order valence-corrected chi connectivity index (χ1v) is 5.30. The smallest absolute Gasteiger partial charge is 0.189 e. The summed E-state index contributed by atoms with van der Waals surface area (Å²) in [6.45, 7) is 3.76. The summed E-state index contributed by atoms with van der Waals surface area (Å²) in [6, 6.07) is 0. The van der Waals surface area contributed by atoms with E-state index in [1.165, 1.54) is 0 Å². The predicted molar refractivity (Wildman–Crippen MR) is 55.5 cm³/mol. The highest BCUT2D eigenvalue weighted by atomic mass is 16.1. The first-order valence-electron chi connectivity index (χ1n) is 5.30. The Morgan fingerprint density at radius 2 is 2.53 bits per heavy atom. The van der Waals surface area contributed by atoms with Gasteiger partial charge in [-0.2, -0.15) is 0 Å². The Balaban J connectivity index is 2.30. The molecule has 15 heavy (non-hydrogen) atoms. The van der Waals surface area contributed by atoms with Crippen molar-refractivity contribution in [2.75, 3.05) is 13.1 Å². The summed E-state index contributed by atoms with van der Waals surface area (Å²) in [6.07, 6.45) is 3.33. The van der Waals surface area contributed by atoms with Gasteiger partial charge in [0.15, 0.2) is 5.78 Å². The SMILES string of the molecule is CCC1(C(=O)c2cnnn2C)CCNC1. The molecule has 5 heteroatoms. The van der Waals surface area contributed by atoms with Crippen LogP contribution in [-0.2, 0) is 7.05 Å². The van der Waals surface area contributed by atoms with Crippen molar-refractivity contribution in [2.24, 2.45) is 12.5 Å². The number of rotatable bonds is 3. The van der Waals surface area contributed by atoms with Crippen molar-refractivity contribution in [3.8, 4) is 0 Å². The molecule has 1 aromatic rings. The maximum atomic E-state index is 12.3. The van der Waals surface area contributed by atoms with Crippen LogP contribution in [0.3, 0.4) is 0 Å². The van der Waals surface area contributed by atoms with E-state index in [-0.39, 0.29) is 11.2 Å². The molecular weight excluding hydrogens is 192 g/mol. The molecule has 0 radical (unpaired) electrons. The second-order valence-electron chi connectivity index (χ2n) is 4.13. The lowest BCUT2D eigenvalue weighted by Gasteiger charge is -2.24. The van der Waals surface area contributed by atoms with Gasteiger partial charge in [0.2, 0.25) is 0 Å². The van der Waals surface area contributed by atoms with Crippen LogP contribution in [0.1, 0.15) is 30.3 Å². The molecular formula is C10H16N4O.